The lowest BCUT2D eigenvalue weighted by atomic mass is 10.0. The van der Waals surface area contributed by atoms with Gasteiger partial charge in [-0.3, -0.25) is 9.59 Å². The zero-order chi connectivity index (χ0) is 23.2. The molecule has 168 valence electrons. The van der Waals surface area contributed by atoms with Gasteiger partial charge in [-0.05, 0) is 35.4 Å². The van der Waals surface area contributed by atoms with Crippen LogP contribution >= 0.6 is 0 Å². The predicted molar refractivity (Wildman–Crippen MR) is 120 cm³/mol. The molecule has 0 radical (unpaired) electrons. The highest BCUT2D eigenvalue weighted by Gasteiger charge is 2.27. The fraction of sp³-hybridized carbons (Fsp3) is 0.227. The van der Waals surface area contributed by atoms with Crippen molar-refractivity contribution in [3.05, 3.63) is 67.3 Å². The van der Waals surface area contributed by atoms with E-state index in [1.54, 1.807) is 35.3 Å². The van der Waals surface area contributed by atoms with E-state index in [1.807, 2.05) is 44.2 Å². The van der Waals surface area contributed by atoms with Crippen LogP contribution in [0.3, 0.4) is 0 Å². The first-order valence-corrected chi connectivity index (χ1v) is 10.4. The zero-order valence-corrected chi connectivity index (χ0v) is 18.2. The van der Waals surface area contributed by atoms with Gasteiger partial charge >= 0.3 is 0 Å². The van der Waals surface area contributed by atoms with E-state index in [2.05, 4.69) is 36.1 Å². The fourth-order valence-corrected chi connectivity index (χ4v) is 3.24. The average Bonchev–Trinajstić information content (AvgIpc) is 3.52. The van der Waals surface area contributed by atoms with E-state index >= 15 is 0 Å². The molecular formula is C22H23N9O2. The maximum atomic E-state index is 12.8. The van der Waals surface area contributed by atoms with Gasteiger partial charge in [0.25, 0.3) is 0 Å². The maximum absolute atomic E-state index is 12.8. The van der Waals surface area contributed by atoms with Gasteiger partial charge in [-0.1, -0.05) is 44.2 Å². The number of amides is 2. The van der Waals surface area contributed by atoms with Gasteiger partial charge in [0.1, 0.15) is 12.7 Å². The highest BCUT2D eigenvalue weighted by Crippen LogP contribution is 2.19. The van der Waals surface area contributed by atoms with Gasteiger partial charge in [0.05, 0.1) is 12.2 Å². The Labute approximate surface area is 189 Å². The third-order valence-corrected chi connectivity index (χ3v) is 4.87. The van der Waals surface area contributed by atoms with Gasteiger partial charge in [0, 0.05) is 11.3 Å². The van der Waals surface area contributed by atoms with Crippen molar-refractivity contribution in [1.29, 1.82) is 0 Å². The Balaban J connectivity index is 1.35. The van der Waals surface area contributed by atoms with E-state index in [-0.39, 0.29) is 24.3 Å². The molecule has 1 atom stereocenters. The van der Waals surface area contributed by atoms with Gasteiger partial charge in [0.2, 0.25) is 17.6 Å². The van der Waals surface area contributed by atoms with Crippen molar-refractivity contribution in [1.82, 2.24) is 40.3 Å². The molecule has 1 unspecified atom stereocenters. The highest BCUT2D eigenvalue weighted by atomic mass is 16.2. The van der Waals surface area contributed by atoms with Crippen LogP contribution in [0.5, 0.6) is 0 Å². The lowest BCUT2D eigenvalue weighted by molar-refractivity contribution is -0.128. The second kappa shape index (κ2) is 9.81. The lowest BCUT2D eigenvalue weighted by Gasteiger charge is -2.18. The van der Waals surface area contributed by atoms with Crippen LogP contribution in [-0.4, -0.2) is 53.3 Å². The molecule has 2 aromatic carbocycles. The number of benzene rings is 2. The van der Waals surface area contributed by atoms with Crippen LogP contribution in [0.4, 0.5) is 5.69 Å². The Morgan fingerprint density at radius 3 is 2.45 bits per heavy atom. The Morgan fingerprint density at radius 1 is 1.03 bits per heavy atom. The summed E-state index contributed by atoms with van der Waals surface area (Å²) in [6.45, 7) is 3.58. The van der Waals surface area contributed by atoms with Gasteiger partial charge in [-0.25, -0.2) is 9.67 Å². The quantitative estimate of drug-likeness (QED) is 0.423. The first kappa shape index (κ1) is 21.8. The number of tetrazole rings is 1. The maximum Gasteiger partial charge on any atom is 0.247 e. The Morgan fingerprint density at radius 2 is 1.79 bits per heavy atom. The van der Waals surface area contributed by atoms with Crippen LogP contribution in [0.1, 0.15) is 19.9 Å². The minimum atomic E-state index is -0.704. The van der Waals surface area contributed by atoms with Crippen molar-refractivity contribution < 1.29 is 9.59 Å². The number of hydrogen-bond donors (Lipinski definition) is 2. The number of nitrogens with zero attached hydrogens (tertiary/aromatic N) is 7. The second-order valence-corrected chi connectivity index (χ2v) is 7.64. The molecule has 33 heavy (non-hydrogen) atoms. The number of anilines is 1. The van der Waals surface area contributed by atoms with E-state index < -0.39 is 6.04 Å². The summed E-state index contributed by atoms with van der Waals surface area (Å²) in [5, 5.41) is 22.0. The Hall–Kier alpha value is -4.41. The van der Waals surface area contributed by atoms with Crippen molar-refractivity contribution in [2.45, 2.75) is 19.9 Å². The number of rotatable bonds is 8. The predicted octanol–water partition coefficient (Wildman–Crippen LogP) is 1.87. The molecule has 11 nitrogen and oxygen atoms in total. The Bertz CT molecular complexity index is 1200. The van der Waals surface area contributed by atoms with Crippen LogP contribution in [0.25, 0.3) is 17.1 Å². The van der Waals surface area contributed by atoms with Crippen molar-refractivity contribution in [2.24, 2.45) is 5.92 Å². The fourth-order valence-electron chi connectivity index (χ4n) is 3.24. The zero-order valence-electron chi connectivity index (χ0n) is 18.2. The number of nitrogens with one attached hydrogen (secondary N) is 2. The molecule has 0 saturated carbocycles. The summed E-state index contributed by atoms with van der Waals surface area (Å²) in [5.74, 6) is -0.397. The topological polar surface area (TPSA) is 133 Å². The highest BCUT2D eigenvalue weighted by molar-refractivity contribution is 5.95. The summed E-state index contributed by atoms with van der Waals surface area (Å²) in [4.78, 5) is 30.4. The summed E-state index contributed by atoms with van der Waals surface area (Å²) in [7, 11) is 0. The minimum Gasteiger partial charge on any atom is -0.345 e. The smallest absolute Gasteiger partial charge is 0.247 e. The molecule has 0 aliphatic carbocycles. The lowest BCUT2D eigenvalue weighted by Crippen LogP contribution is -2.40. The minimum absolute atomic E-state index is 0.116. The van der Waals surface area contributed by atoms with Crippen molar-refractivity contribution in [3.8, 4) is 17.1 Å². The van der Waals surface area contributed by atoms with Gasteiger partial charge < -0.3 is 10.6 Å². The summed E-state index contributed by atoms with van der Waals surface area (Å²) in [6, 6.07) is 15.8. The van der Waals surface area contributed by atoms with Crippen LogP contribution in [0.2, 0.25) is 0 Å². The number of carbonyl (C=O) groups excluding carboxylic acids is 2. The first-order valence-electron chi connectivity index (χ1n) is 10.4. The van der Waals surface area contributed by atoms with E-state index in [0.717, 1.165) is 11.3 Å². The van der Waals surface area contributed by atoms with Gasteiger partial charge in [0.15, 0.2) is 6.04 Å². The Kier molecular flexibility index (Phi) is 6.48. The largest absolute Gasteiger partial charge is 0.345 e. The molecule has 2 heterocycles. The molecule has 4 aromatic rings. The molecule has 0 fully saturated rings. The van der Waals surface area contributed by atoms with Crippen molar-refractivity contribution in [3.63, 3.8) is 0 Å². The summed E-state index contributed by atoms with van der Waals surface area (Å²) >= 11 is 0. The van der Waals surface area contributed by atoms with E-state index in [1.165, 1.54) is 11.1 Å². The molecular weight excluding hydrogens is 422 g/mol. The van der Waals surface area contributed by atoms with Crippen molar-refractivity contribution >= 4 is 17.5 Å². The molecule has 2 amide bonds. The van der Waals surface area contributed by atoms with Crippen LogP contribution in [-0.2, 0) is 9.59 Å². The molecule has 2 N–H and O–H groups in total. The van der Waals surface area contributed by atoms with E-state index in [0.29, 0.717) is 11.5 Å². The summed E-state index contributed by atoms with van der Waals surface area (Å²) < 4.78 is 1.61. The van der Waals surface area contributed by atoms with E-state index in [9.17, 15) is 9.59 Å². The van der Waals surface area contributed by atoms with Crippen molar-refractivity contribution in [2.75, 3.05) is 11.9 Å². The van der Waals surface area contributed by atoms with Crippen LogP contribution in [0, 0.1) is 5.92 Å². The number of hydrogen-bond acceptors (Lipinski definition) is 7. The molecule has 11 heteroatoms. The molecule has 4 rings (SSSR count). The monoisotopic (exact) mass is 445 g/mol. The normalized spacial score (nSPS) is 11.8. The standard InChI is InChI=1S/C22H23N9O2/c1-15(2)20(31-28-21(27-29-31)16-6-4-3-5-7-16)22(33)24-12-19(32)26-17-8-10-18(11-9-17)30-14-23-13-25-30/h3-11,13-15,20H,12H2,1-2H3,(H,24,33)(H,26,32). The van der Waals surface area contributed by atoms with Gasteiger partial charge in [-0.2, -0.15) is 9.90 Å². The SMILES string of the molecule is CC(C)C(C(=O)NCC(=O)Nc1ccc(-n2cncn2)cc1)n1nnc(-c2ccccc2)n1. The number of carbonyl (C=O) groups is 2. The molecule has 0 bridgehead atoms. The van der Waals surface area contributed by atoms with Crippen LogP contribution < -0.4 is 10.6 Å². The average molecular weight is 445 g/mol. The molecule has 0 saturated heterocycles. The van der Waals surface area contributed by atoms with Crippen LogP contribution in [0.15, 0.2) is 67.3 Å². The third kappa shape index (κ3) is 5.26. The summed E-state index contributed by atoms with van der Waals surface area (Å²) in [5.41, 5.74) is 2.22. The first-order chi connectivity index (χ1) is 16.0. The number of aromatic nitrogens is 7. The third-order valence-electron chi connectivity index (χ3n) is 4.87. The molecule has 0 aliphatic rings. The van der Waals surface area contributed by atoms with E-state index in [4.69, 9.17) is 0 Å². The molecule has 2 aromatic heterocycles. The molecule has 0 spiro atoms. The second-order valence-electron chi connectivity index (χ2n) is 7.64. The summed E-state index contributed by atoms with van der Waals surface area (Å²) in [6.07, 6.45) is 3.03. The van der Waals surface area contributed by atoms with Gasteiger partial charge in [-0.15, -0.1) is 10.2 Å². The molecule has 0 aliphatic heterocycles.